The number of carbonyl (C=O) groups is 1. The van der Waals surface area contributed by atoms with Crippen LogP contribution >= 0.6 is 11.8 Å². The fourth-order valence-electron chi connectivity index (χ4n) is 4.30. The molecule has 0 aromatic carbocycles. The van der Waals surface area contributed by atoms with Crippen LogP contribution in [0.2, 0.25) is 0 Å². The van der Waals surface area contributed by atoms with Gasteiger partial charge >= 0.3 is 0 Å². The lowest BCUT2D eigenvalue weighted by molar-refractivity contribution is 0.102. The highest BCUT2D eigenvalue weighted by molar-refractivity contribution is 7.99. The second kappa shape index (κ2) is 8.93. The van der Waals surface area contributed by atoms with Crippen molar-refractivity contribution in [2.24, 2.45) is 0 Å². The van der Waals surface area contributed by atoms with Crippen molar-refractivity contribution in [3.63, 3.8) is 0 Å². The number of aromatic nitrogens is 5. The van der Waals surface area contributed by atoms with Gasteiger partial charge in [0.15, 0.2) is 16.8 Å². The molecule has 0 unspecified atom stereocenters. The number of ketones is 1. The first-order valence-corrected chi connectivity index (χ1v) is 12.0. The number of thioether (sulfide) groups is 1. The topological polar surface area (TPSA) is 95.1 Å². The molecule has 5 heterocycles. The molecule has 0 atom stereocenters. The van der Waals surface area contributed by atoms with Crippen molar-refractivity contribution < 1.29 is 13.7 Å². The minimum atomic E-state index is 0.0369. The Morgan fingerprint density at radius 3 is 2.67 bits per heavy atom. The molecule has 4 aromatic rings. The maximum atomic E-state index is 13.2. The first kappa shape index (κ1) is 21.6. The van der Waals surface area contributed by atoms with Crippen LogP contribution in [0, 0.1) is 20.8 Å². The van der Waals surface area contributed by atoms with Gasteiger partial charge in [-0.05, 0) is 51.8 Å². The third-order valence-electron chi connectivity index (χ3n) is 5.89. The zero-order valence-corrected chi connectivity index (χ0v) is 19.8. The highest BCUT2D eigenvalue weighted by Gasteiger charge is 2.24. The molecule has 172 valence electrons. The van der Waals surface area contributed by atoms with Gasteiger partial charge in [-0.25, -0.2) is 0 Å². The van der Waals surface area contributed by atoms with Crippen LogP contribution in [0.5, 0.6) is 0 Å². The van der Waals surface area contributed by atoms with E-state index in [1.165, 1.54) is 11.8 Å². The zero-order chi connectivity index (χ0) is 22.9. The quantitative estimate of drug-likeness (QED) is 0.282. The SMILES string of the molecule is Cc1cc(-n2c(C)cc(C(=O)CSc3nnc(N4CCCC4)n3Cc3ccco3)c2C)no1. The number of Topliss-reactive ketones (excluding diaryl/α,β-unsaturated/α-hetero) is 1. The maximum Gasteiger partial charge on any atom is 0.228 e. The van der Waals surface area contributed by atoms with Crippen molar-refractivity contribution in [2.45, 2.75) is 45.3 Å². The molecule has 0 aliphatic carbocycles. The van der Waals surface area contributed by atoms with E-state index in [1.54, 1.807) is 6.26 Å². The maximum absolute atomic E-state index is 13.2. The fourth-order valence-corrected chi connectivity index (χ4v) is 5.12. The fraction of sp³-hybridized carbons (Fsp3) is 0.391. The highest BCUT2D eigenvalue weighted by atomic mass is 32.2. The first-order chi connectivity index (χ1) is 16.0. The number of carbonyl (C=O) groups excluding carboxylic acids is 1. The Labute approximate surface area is 195 Å². The van der Waals surface area contributed by atoms with E-state index >= 15 is 0 Å². The van der Waals surface area contributed by atoms with Gasteiger partial charge in [-0.1, -0.05) is 16.9 Å². The van der Waals surface area contributed by atoms with E-state index in [0.29, 0.717) is 23.1 Å². The normalized spacial score (nSPS) is 13.8. The van der Waals surface area contributed by atoms with Crippen LogP contribution in [-0.2, 0) is 6.54 Å². The average Bonchev–Trinajstić information content (AvgIpc) is 3.59. The largest absolute Gasteiger partial charge is 0.467 e. The van der Waals surface area contributed by atoms with E-state index < -0.39 is 0 Å². The van der Waals surface area contributed by atoms with E-state index in [1.807, 2.05) is 54.2 Å². The van der Waals surface area contributed by atoms with Crippen molar-refractivity contribution >= 4 is 23.5 Å². The van der Waals surface area contributed by atoms with Gasteiger partial charge in [0.2, 0.25) is 5.95 Å². The molecule has 10 heteroatoms. The minimum Gasteiger partial charge on any atom is -0.467 e. The lowest BCUT2D eigenvalue weighted by Gasteiger charge is -2.17. The van der Waals surface area contributed by atoms with Crippen LogP contribution in [0.15, 0.2) is 44.6 Å². The summed E-state index contributed by atoms with van der Waals surface area (Å²) in [5, 5.41) is 13.7. The average molecular weight is 467 g/mol. The summed E-state index contributed by atoms with van der Waals surface area (Å²) in [6, 6.07) is 7.58. The molecule has 0 amide bonds. The Morgan fingerprint density at radius 1 is 1.15 bits per heavy atom. The van der Waals surface area contributed by atoms with Gasteiger partial charge < -0.3 is 13.8 Å². The minimum absolute atomic E-state index is 0.0369. The number of hydrogen-bond donors (Lipinski definition) is 0. The van der Waals surface area contributed by atoms with Gasteiger partial charge in [-0.15, -0.1) is 10.2 Å². The van der Waals surface area contributed by atoms with Crippen LogP contribution in [0.25, 0.3) is 5.82 Å². The summed E-state index contributed by atoms with van der Waals surface area (Å²) in [5.41, 5.74) is 2.46. The Kier molecular flexibility index (Phi) is 5.84. The Bertz CT molecular complexity index is 1260. The van der Waals surface area contributed by atoms with Crippen molar-refractivity contribution in [3.05, 3.63) is 59.0 Å². The summed E-state index contributed by atoms with van der Waals surface area (Å²) >= 11 is 1.40. The van der Waals surface area contributed by atoms with Crippen LogP contribution in [-0.4, -0.2) is 49.1 Å². The highest BCUT2D eigenvalue weighted by Crippen LogP contribution is 2.28. The molecule has 1 saturated heterocycles. The zero-order valence-electron chi connectivity index (χ0n) is 18.9. The summed E-state index contributed by atoms with van der Waals surface area (Å²) in [5.74, 6) is 3.37. The van der Waals surface area contributed by atoms with E-state index in [0.717, 1.165) is 54.8 Å². The second-order valence-electron chi connectivity index (χ2n) is 8.27. The van der Waals surface area contributed by atoms with Gasteiger partial charge in [-0.2, -0.15) is 0 Å². The molecule has 0 N–H and O–H groups in total. The third kappa shape index (κ3) is 4.22. The van der Waals surface area contributed by atoms with Gasteiger partial charge in [-0.3, -0.25) is 13.9 Å². The number of furan rings is 1. The lowest BCUT2D eigenvalue weighted by Crippen LogP contribution is -2.22. The number of nitrogens with zero attached hydrogens (tertiary/aromatic N) is 6. The smallest absolute Gasteiger partial charge is 0.228 e. The molecule has 1 aliphatic heterocycles. The molecule has 0 radical (unpaired) electrons. The molecule has 33 heavy (non-hydrogen) atoms. The Balaban J connectivity index is 1.37. The van der Waals surface area contributed by atoms with Gasteiger partial charge in [0.25, 0.3) is 0 Å². The monoisotopic (exact) mass is 466 g/mol. The van der Waals surface area contributed by atoms with E-state index in [4.69, 9.17) is 8.94 Å². The van der Waals surface area contributed by atoms with E-state index in [-0.39, 0.29) is 11.5 Å². The summed E-state index contributed by atoms with van der Waals surface area (Å²) in [4.78, 5) is 15.4. The number of aryl methyl sites for hydroxylation is 2. The summed E-state index contributed by atoms with van der Waals surface area (Å²) in [6.07, 6.45) is 3.96. The molecule has 0 saturated carbocycles. The molecule has 0 bridgehead atoms. The van der Waals surface area contributed by atoms with Gasteiger partial charge in [0.05, 0.1) is 18.6 Å². The van der Waals surface area contributed by atoms with E-state index in [2.05, 4.69) is 20.3 Å². The standard InChI is InChI=1S/C23H26N6O3S/c1-15-11-19(17(3)29(15)21-12-16(2)32-26-21)20(30)14-33-23-25-24-22(27-8-4-5-9-27)28(23)13-18-7-6-10-31-18/h6-7,10-12H,4-5,8-9,13-14H2,1-3H3. The predicted octanol–water partition coefficient (Wildman–Crippen LogP) is 4.20. The molecular formula is C23H26N6O3S. The Hall–Kier alpha value is -3.27. The number of anilines is 1. The van der Waals surface area contributed by atoms with Crippen LogP contribution < -0.4 is 4.90 Å². The van der Waals surface area contributed by atoms with Crippen LogP contribution in [0.3, 0.4) is 0 Å². The summed E-state index contributed by atoms with van der Waals surface area (Å²) in [6.45, 7) is 8.20. The van der Waals surface area contributed by atoms with Crippen LogP contribution in [0.4, 0.5) is 5.95 Å². The first-order valence-electron chi connectivity index (χ1n) is 11.0. The third-order valence-corrected chi connectivity index (χ3v) is 6.86. The van der Waals surface area contributed by atoms with Crippen molar-refractivity contribution in [2.75, 3.05) is 23.7 Å². The van der Waals surface area contributed by atoms with E-state index in [9.17, 15) is 4.79 Å². The van der Waals surface area contributed by atoms with Crippen molar-refractivity contribution in [1.82, 2.24) is 24.5 Å². The molecular weight excluding hydrogens is 440 g/mol. The lowest BCUT2D eigenvalue weighted by atomic mass is 10.2. The summed E-state index contributed by atoms with van der Waals surface area (Å²) in [7, 11) is 0. The molecule has 1 aliphatic rings. The molecule has 9 nitrogen and oxygen atoms in total. The van der Waals surface area contributed by atoms with Gasteiger partial charge in [0, 0.05) is 36.1 Å². The summed E-state index contributed by atoms with van der Waals surface area (Å²) < 4.78 is 14.8. The van der Waals surface area contributed by atoms with Crippen molar-refractivity contribution in [1.29, 1.82) is 0 Å². The molecule has 0 spiro atoms. The van der Waals surface area contributed by atoms with Crippen molar-refractivity contribution in [3.8, 4) is 5.82 Å². The number of rotatable bonds is 8. The molecule has 5 rings (SSSR count). The second-order valence-corrected chi connectivity index (χ2v) is 9.21. The van der Waals surface area contributed by atoms with Gasteiger partial charge in [0.1, 0.15) is 11.5 Å². The Morgan fingerprint density at radius 2 is 1.97 bits per heavy atom. The van der Waals surface area contributed by atoms with Crippen LogP contribution in [0.1, 0.15) is 46.1 Å². The molecule has 1 fully saturated rings. The molecule has 4 aromatic heterocycles. The predicted molar refractivity (Wildman–Crippen MR) is 124 cm³/mol. The number of hydrogen-bond acceptors (Lipinski definition) is 8.